The Morgan fingerprint density at radius 1 is 1.16 bits per heavy atom. The second-order valence-electron chi connectivity index (χ2n) is 6.67. The fourth-order valence-electron chi connectivity index (χ4n) is 3.58. The van der Waals surface area contributed by atoms with E-state index in [0.29, 0.717) is 31.2 Å². The summed E-state index contributed by atoms with van der Waals surface area (Å²) in [5.41, 5.74) is 1.41. The molecule has 132 valence electrons. The lowest BCUT2D eigenvalue weighted by Crippen LogP contribution is -2.38. The predicted octanol–water partition coefficient (Wildman–Crippen LogP) is 3.34. The maximum atomic E-state index is 13.0. The zero-order valence-electron chi connectivity index (χ0n) is 14.4. The minimum absolute atomic E-state index is 0.0707. The monoisotopic (exact) mass is 342 g/mol. The molecule has 0 bridgehead atoms. The molecule has 1 aromatic carbocycles. The van der Waals surface area contributed by atoms with Crippen molar-refractivity contribution in [2.45, 2.75) is 45.2 Å². The number of hydrogen-bond donors (Lipinski definition) is 0. The average Bonchev–Trinajstić information content (AvgIpc) is 3.31. The van der Waals surface area contributed by atoms with Crippen LogP contribution < -0.4 is 9.47 Å². The Kier molecular flexibility index (Phi) is 4.34. The molecule has 0 N–H and O–H groups in total. The molecule has 1 aliphatic carbocycles. The molecule has 0 radical (unpaired) electrons. The fraction of sp³-hybridized carbons (Fsp3) is 0.474. The van der Waals surface area contributed by atoms with Gasteiger partial charge in [-0.2, -0.15) is 0 Å². The van der Waals surface area contributed by atoms with E-state index >= 15 is 0 Å². The SMILES string of the molecule is Cc1cc(C(=O)N(Cc2ccc3c(c2)OCCO3)C2CCCC2)no1. The van der Waals surface area contributed by atoms with Gasteiger partial charge in [0.15, 0.2) is 17.2 Å². The molecule has 25 heavy (non-hydrogen) atoms. The first-order chi connectivity index (χ1) is 12.2. The van der Waals surface area contributed by atoms with E-state index in [1.54, 1.807) is 13.0 Å². The molecule has 2 aliphatic rings. The van der Waals surface area contributed by atoms with E-state index < -0.39 is 0 Å². The maximum absolute atomic E-state index is 13.0. The largest absolute Gasteiger partial charge is 0.486 e. The van der Waals surface area contributed by atoms with Crippen LogP contribution in [-0.2, 0) is 6.54 Å². The number of carbonyl (C=O) groups excluding carboxylic acids is 1. The van der Waals surface area contributed by atoms with Crippen LogP contribution in [0.2, 0.25) is 0 Å². The van der Waals surface area contributed by atoms with E-state index in [1.807, 2.05) is 23.1 Å². The summed E-state index contributed by atoms with van der Waals surface area (Å²) in [6, 6.07) is 7.84. The number of carbonyl (C=O) groups is 1. The summed E-state index contributed by atoms with van der Waals surface area (Å²) < 4.78 is 16.3. The summed E-state index contributed by atoms with van der Waals surface area (Å²) in [7, 11) is 0. The molecule has 0 saturated heterocycles. The standard InChI is InChI=1S/C19H22N2O4/c1-13-10-16(20-25-13)19(22)21(15-4-2-3-5-15)12-14-6-7-17-18(11-14)24-9-8-23-17/h6-7,10-11,15H,2-5,8-9,12H2,1H3. The highest BCUT2D eigenvalue weighted by molar-refractivity contribution is 5.92. The molecule has 1 aromatic heterocycles. The zero-order valence-corrected chi connectivity index (χ0v) is 14.4. The van der Waals surface area contributed by atoms with Crippen molar-refractivity contribution in [2.24, 2.45) is 0 Å². The molecule has 1 aliphatic heterocycles. The van der Waals surface area contributed by atoms with Crippen molar-refractivity contribution in [1.29, 1.82) is 0 Å². The first kappa shape index (κ1) is 16.0. The lowest BCUT2D eigenvalue weighted by Gasteiger charge is -2.29. The van der Waals surface area contributed by atoms with Crippen LogP contribution in [0.3, 0.4) is 0 Å². The van der Waals surface area contributed by atoms with Gasteiger partial charge in [0.1, 0.15) is 19.0 Å². The van der Waals surface area contributed by atoms with Gasteiger partial charge in [-0.25, -0.2) is 0 Å². The number of aryl methyl sites for hydroxylation is 1. The van der Waals surface area contributed by atoms with E-state index in [-0.39, 0.29) is 11.9 Å². The lowest BCUT2D eigenvalue weighted by atomic mass is 10.1. The Balaban J connectivity index is 1.59. The molecular formula is C19H22N2O4. The summed E-state index contributed by atoms with van der Waals surface area (Å²) >= 11 is 0. The Morgan fingerprint density at radius 3 is 2.64 bits per heavy atom. The van der Waals surface area contributed by atoms with Gasteiger partial charge in [-0.3, -0.25) is 4.79 Å². The van der Waals surface area contributed by atoms with Crippen LogP contribution in [0.1, 0.15) is 47.5 Å². The molecule has 1 saturated carbocycles. The van der Waals surface area contributed by atoms with Gasteiger partial charge in [-0.05, 0) is 37.5 Å². The van der Waals surface area contributed by atoms with Crippen molar-refractivity contribution in [2.75, 3.05) is 13.2 Å². The molecule has 0 spiro atoms. The highest BCUT2D eigenvalue weighted by atomic mass is 16.6. The van der Waals surface area contributed by atoms with Crippen LogP contribution in [-0.4, -0.2) is 35.2 Å². The van der Waals surface area contributed by atoms with Gasteiger partial charge in [0, 0.05) is 18.7 Å². The summed E-state index contributed by atoms with van der Waals surface area (Å²) in [5.74, 6) is 2.09. The second-order valence-corrected chi connectivity index (χ2v) is 6.67. The molecule has 1 amide bonds. The van der Waals surface area contributed by atoms with Crippen LogP contribution in [0.4, 0.5) is 0 Å². The number of amides is 1. The van der Waals surface area contributed by atoms with E-state index in [4.69, 9.17) is 14.0 Å². The van der Waals surface area contributed by atoms with Crippen molar-refractivity contribution >= 4 is 5.91 Å². The van der Waals surface area contributed by atoms with Crippen molar-refractivity contribution in [3.8, 4) is 11.5 Å². The van der Waals surface area contributed by atoms with Crippen LogP contribution in [0.25, 0.3) is 0 Å². The molecule has 0 atom stereocenters. The van der Waals surface area contributed by atoms with Gasteiger partial charge in [-0.1, -0.05) is 24.1 Å². The van der Waals surface area contributed by atoms with Crippen LogP contribution in [0.5, 0.6) is 11.5 Å². The summed E-state index contributed by atoms with van der Waals surface area (Å²) in [4.78, 5) is 14.9. The van der Waals surface area contributed by atoms with E-state index in [1.165, 1.54) is 0 Å². The number of nitrogens with zero attached hydrogens (tertiary/aromatic N) is 2. The van der Waals surface area contributed by atoms with E-state index in [2.05, 4.69) is 5.16 Å². The maximum Gasteiger partial charge on any atom is 0.276 e. The number of benzene rings is 1. The number of ether oxygens (including phenoxy) is 2. The first-order valence-corrected chi connectivity index (χ1v) is 8.83. The van der Waals surface area contributed by atoms with Crippen molar-refractivity contribution < 1.29 is 18.8 Å². The van der Waals surface area contributed by atoms with Gasteiger partial charge < -0.3 is 18.9 Å². The third-order valence-electron chi connectivity index (χ3n) is 4.83. The molecular weight excluding hydrogens is 320 g/mol. The quantitative estimate of drug-likeness (QED) is 0.853. The Hall–Kier alpha value is -2.50. The molecule has 4 rings (SSSR count). The highest BCUT2D eigenvalue weighted by Crippen LogP contribution is 2.32. The number of aromatic nitrogens is 1. The molecule has 0 unspecified atom stereocenters. The smallest absolute Gasteiger partial charge is 0.276 e. The van der Waals surface area contributed by atoms with Crippen LogP contribution in [0, 0.1) is 6.92 Å². The zero-order chi connectivity index (χ0) is 17.2. The fourth-order valence-corrected chi connectivity index (χ4v) is 3.58. The minimum atomic E-state index is -0.0707. The molecule has 1 fully saturated rings. The Labute approximate surface area is 146 Å². The third-order valence-corrected chi connectivity index (χ3v) is 4.83. The summed E-state index contributed by atoms with van der Waals surface area (Å²) in [5, 5.41) is 3.91. The van der Waals surface area contributed by atoms with Crippen molar-refractivity contribution in [3.63, 3.8) is 0 Å². The third kappa shape index (κ3) is 3.34. The van der Waals surface area contributed by atoms with Gasteiger partial charge >= 0.3 is 0 Å². The van der Waals surface area contributed by atoms with Crippen molar-refractivity contribution in [1.82, 2.24) is 10.1 Å². The summed E-state index contributed by atoms with van der Waals surface area (Å²) in [6.45, 7) is 3.46. The molecule has 6 heteroatoms. The summed E-state index contributed by atoms with van der Waals surface area (Å²) in [6.07, 6.45) is 4.39. The van der Waals surface area contributed by atoms with Crippen molar-refractivity contribution in [3.05, 3.63) is 41.3 Å². The number of rotatable bonds is 4. The molecule has 2 aromatic rings. The number of fused-ring (bicyclic) bond motifs is 1. The molecule has 6 nitrogen and oxygen atoms in total. The minimum Gasteiger partial charge on any atom is -0.486 e. The van der Waals surface area contributed by atoms with Gasteiger partial charge in [0.05, 0.1) is 0 Å². The topological polar surface area (TPSA) is 64.8 Å². The Morgan fingerprint density at radius 2 is 1.92 bits per heavy atom. The Bertz CT molecular complexity index is 765. The lowest BCUT2D eigenvalue weighted by molar-refractivity contribution is 0.0653. The highest BCUT2D eigenvalue weighted by Gasteiger charge is 2.29. The van der Waals surface area contributed by atoms with Gasteiger partial charge in [-0.15, -0.1) is 0 Å². The normalized spacial score (nSPS) is 16.8. The average molecular weight is 342 g/mol. The molecule has 2 heterocycles. The van der Waals surface area contributed by atoms with Gasteiger partial charge in [0.25, 0.3) is 5.91 Å². The first-order valence-electron chi connectivity index (χ1n) is 8.83. The van der Waals surface area contributed by atoms with E-state index in [9.17, 15) is 4.79 Å². The van der Waals surface area contributed by atoms with Gasteiger partial charge in [0.2, 0.25) is 0 Å². The number of hydrogen-bond acceptors (Lipinski definition) is 5. The van der Waals surface area contributed by atoms with E-state index in [0.717, 1.165) is 42.7 Å². The van der Waals surface area contributed by atoms with Crippen LogP contribution in [0.15, 0.2) is 28.8 Å². The predicted molar refractivity (Wildman–Crippen MR) is 90.8 cm³/mol. The second kappa shape index (κ2) is 6.78. The van der Waals surface area contributed by atoms with Crippen LogP contribution >= 0.6 is 0 Å².